The van der Waals surface area contributed by atoms with Crippen molar-refractivity contribution in [1.29, 1.82) is 5.26 Å². The third-order valence-corrected chi connectivity index (χ3v) is 3.72. The Morgan fingerprint density at radius 3 is 2.45 bits per heavy atom. The number of benzene rings is 1. The third kappa shape index (κ3) is 2.99. The highest BCUT2D eigenvalue weighted by molar-refractivity contribution is 6.44. The molecule has 0 aliphatic heterocycles. The smallest absolute Gasteiger partial charge is 0.221 e. The number of rotatable bonds is 3. The van der Waals surface area contributed by atoms with Crippen LogP contribution >= 0.6 is 34.8 Å². The molecule has 0 saturated carbocycles. The zero-order chi connectivity index (χ0) is 14.7. The maximum Gasteiger partial charge on any atom is 0.221 e. The molecule has 1 aromatic heterocycles. The number of ether oxygens (including phenoxy) is 1. The fourth-order valence-corrected chi connectivity index (χ4v) is 2.42. The number of pyridine rings is 1. The van der Waals surface area contributed by atoms with E-state index in [0.29, 0.717) is 32.1 Å². The van der Waals surface area contributed by atoms with E-state index < -0.39 is 0 Å². The van der Waals surface area contributed by atoms with Gasteiger partial charge >= 0.3 is 0 Å². The summed E-state index contributed by atoms with van der Waals surface area (Å²) in [6.07, 6.45) is 1.85. The molecule has 0 fully saturated rings. The summed E-state index contributed by atoms with van der Waals surface area (Å²) < 4.78 is 5.23. The van der Waals surface area contributed by atoms with Crippen LogP contribution in [0.15, 0.2) is 24.4 Å². The maximum absolute atomic E-state index is 8.77. The minimum Gasteiger partial charge on any atom is -0.481 e. The topological polar surface area (TPSA) is 45.9 Å². The second kappa shape index (κ2) is 6.32. The number of aromatic nitrogens is 1. The van der Waals surface area contributed by atoms with Crippen LogP contribution in [0.2, 0.25) is 15.1 Å². The average molecular weight is 328 g/mol. The van der Waals surface area contributed by atoms with Gasteiger partial charge in [0, 0.05) is 17.3 Å². The Morgan fingerprint density at radius 1 is 1.10 bits per heavy atom. The van der Waals surface area contributed by atoms with Crippen LogP contribution in [0.1, 0.15) is 5.56 Å². The molecule has 2 rings (SSSR count). The van der Waals surface area contributed by atoms with Gasteiger partial charge in [-0.1, -0.05) is 34.8 Å². The Labute approximate surface area is 131 Å². The van der Waals surface area contributed by atoms with Crippen molar-refractivity contribution in [3.8, 4) is 23.1 Å². The van der Waals surface area contributed by atoms with Crippen molar-refractivity contribution in [2.24, 2.45) is 0 Å². The summed E-state index contributed by atoms with van der Waals surface area (Å²) >= 11 is 18.2. The molecule has 0 radical (unpaired) electrons. The summed E-state index contributed by atoms with van der Waals surface area (Å²) in [5, 5.41) is 9.97. The van der Waals surface area contributed by atoms with Crippen LogP contribution in [-0.2, 0) is 6.42 Å². The molecule has 0 atom stereocenters. The van der Waals surface area contributed by atoms with Crippen molar-refractivity contribution in [2.45, 2.75) is 6.42 Å². The van der Waals surface area contributed by atoms with E-state index in [4.69, 9.17) is 44.8 Å². The molecule has 0 saturated heterocycles. The number of nitrogens with zero attached hydrogens (tertiary/aromatic N) is 2. The van der Waals surface area contributed by atoms with E-state index in [1.807, 2.05) is 0 Å². The normalized spacial score (nSPS) is 10.2. The predicted octanol–water partition coefficient (Wildman–Crippen LogP) is 4.78. The van der Waals surface area contributed by atoms with Gasteiger partial charge in [-0.15, -0.1) is 0 Å². The van der Waals surface area contributed by atoms with Gasteiger partial charge < -0.3 is 4.74 Å². The van der Waals surface area contributed by atoms with E-state index in [0.717, 1.165) is 5.56 Å². The molecule has 2 aromatic rings. The van der Waals surface area contributed by atoms with Crippen LogP contribution in [-0.4, -0.2) is 12.1 Å². The Morgan fingerprint density at radius 2 is 1.80 bits per heavy atom. The molecule has 0 aliphatic rings. The molecular weight excluding hydrogens is 319 g/mol. The van der Waals surface area contributed by atoms with Crippen LogP contribution in [0, 0.1) is 11.3 Å². The minimum atomic E-state index is 0.253. The first-order chi connectivity index (χ1) is 9.56. The molecule has 0 bridgehead atoms. The molecule has 0 spiro atoms. The van der Waals surface area contributed by atoms with Gasteiger partial charge in [-0.2, -0.15) is 5.26 Å². The summed E-state index contributed by atoms with van der Waals surface area (Å²) in [5.41, 5.74) is 2.10. The SMILES string of the molecule is COc1ncc(CC#N)cc1-c1cc(Cl)c(Cl)cc1Cl. The number of methoxy groups -OCH3 is 1. The molecule has 0 unspecified atom stereocenters. The van der Waals surface area contributed by atoms with Crippen molar-refractivity contribution >= 4 is 34.8 Å². The quantitative estimate of drug-likeness (QED) is 0.762. The van der Waals surface area contributed by atoms with Gasteiger partial charge in [0.25, 0.3) is 0 Å². The lowest BCUT2D eigenvalue weighted by molar-refractivity contribution is 0.399. The zero-order valence-electron chi connectivity index (χ0n) is 10.5. The van der Waals surface area contributed by atoms with E-state index in [2.05, 4.69) is 11.1 Å². The summed E-state index contributed by atoms with van der Waals surface area (Å²) in [6.45, 7) is 0. The highest BCUT2D eigenvalue weighted by Gasteiger charge is 2.14. The van der Waals surface area contributed by atoms with Crippen LogP contribution < -0.4 is 4.74 Å². The van der Waals surface area contributed by atoms with Gasteiger partial charge in [0.15, 0.2) is 0 Å². The molecule has 0 aliphatic carbocycles. The second-order valence-electron chi connectivity index (χ2n) is 3.98. The van der Waals surface area contributed by atoms with Crippen molar-refractivity contribution in [3.63, 3.8) is 0 Å². The Bertz CT molecular complexity index is 696. The monoisotopic (exact) mass is 326 g/mol. The van der Waals surface area contributed by atoms with Crippen LogP contribution in [0.5, 0.6) is 5.88 Å². The van der Waals surface area contributed by atoms with Gasteiger partial charge in [-0.05, 0) is 23.8 Å². The van der Waals surface area contributed by atoms with E-state index in [9.17, 15) is 0 Å². The van der Waals surface area contributed by atoms with Crippen LogP contribution in [0.4, 0.5) is 0 Å². The average Bonchev–Trinajstić information content (AvgIpc) is 2.43. The lowest BCUT2D eigenvalue weighted by atomic mass is 10.0. The first-order valence-electron chi connectivity index (χ1n) is 5.61. The van der Waals surface area contributed by atoms with Gasteiger partial charge in [0.1, 0.15) is 0 Å². The largest absolute Gasteiger partial charge is 0.481 e. The molecule has 1 heterocycles. The standard InChI is InChI=1S/C14H9Cl3N2O/c1-20-14-10(4-8(2-3-18)7-19-14)9-5-12(16)13(17)6-11(9)15/h4-7H,2H2,1H3. The molecule has 3 nitrogen and oxygen atoms in total. The van der Waals surface area contributed by atoms with Gasteiger partial charge in [-0.3, -0.25) is 0 Å². The third-order valence-electron chi connectivity index (χ3n) is 2.68. The lowest BCUT2D eigenvalue weighted by Gasteiger charge is -2.11. The predicted molar refractivity (Wildman–Crippen MR) is 80.6 cm³/mol. The van der Waals surface area contributed by atoms with E-state index in [-0.39, 0.29) is 6.42 Å². The Hall–Kier alpha value is -1.47. The molecule has 1 aromatic carbocycles. The molecule has 6 heteroatoms. The number of hydrogen-bond acceptors (Lipinski definition) is 3. The Kier molecular flexibility index (Phi) is 4.72. The molecule has 0 N–H and O–H groups in total. The first kappa shape index (κ1) is 14.9. The molecular formula is C14H9Cl3N2O. The van der Waals surface area contributed by atoms with Crippen molar-refractivity contribution in [1.82, 2.24) is 4.98 Å². The van der Waals surface area contributed by atoms with Gasteiger partial charge in [0.2, 0.25) is 5.88 Å². The number of nitriles is 1. The van der Waals surface area contributed by atoms with Crippen molar-refractivity contribution in [2.75, 3.05) is 7.11 Å². The summed E-state index contributed by atoms with van der Waals surface area (Å²) in [4.78, 5) is 4.18. The Balaban J connectivity index is 2.64. The van der Waals surface area contributed by atoms with Gasteiger partial charge in [-0.25, -0.2) is 4.98 Å². The van der Waals surface area contributed by atoms with E-state index in [1.54, 1.807) is 24.4 Å². The first-order valence-corrected chi connectivity index (χ1v) is 6.75. The molecule has 102 valence electrons. The zero-order valence-corrected chi connectivity index (χ0v) is 12.7. The fraction of sp³-hybridized carbons (Fsp3) is 0.143. The molecule has 20 heavy (non-hydrogen) atoms. The van der Waals surface area contributed by atoms with E-state index in [1.165, 1.54) is 7.11 Å². The summed E-state index contributed by atoms with van der Waals surface area (Å²) in [6, 6.07) is 7.10. The second-order valence-corrected chi connectivity index (χ2v) is 5.20. The van der Waals surface area contributed by atoms with Crippen molar-refractivity contribution < 1.29 is 4.74 Å². The minimum absolute atomic E-state index is 0.253. The molecule has 0 amide bonds. The maximum atomic E-state index is 8.77. The van der Waals surface area contributed by atoms with E-state index >= 15 is 0 Å². The number of halogens is 3. The van der Waals surface area contributed by atoms with Crippen LogP contribution in [0.3, 0.4) is 0 Å². The highest BCUT2D eigenvalue weighted by atomic mass is 35.5. The highest BCUT2D eigenvalue weighted by Crippen LogP contribution is 2.38. The lowest BCUT2D eigenvalue weighted by Crippen LogP contribution is -1.95. The number of hydrogen-bond donors (Lipinski definition) is 0. The summed E-state index contributed by atoms with van der Waals surface area (Å²) in [5.74, 6) is 0.409. The van der Waals surface area contributed by atoms with Crippen LogP contribution in [0.25, 0.3) is 11.1 Å². The fourth-order valence-electron chi connectivity index (χ4n) is 1.77. The van der Waals surface area contributed by atoms with Gasteiger partial charge in [0.05, 0.1) is 34.7 Å². The summed E-state index contributed by atoms with van der Waals surface area (Å²) in [7, 11) is 1.52. The van der Waals surface area contributed by atoms with Crippen molar-refractivity contribution in [3.05, 3.63) is 45.0 Å².